The molecule has 1 aromatic carbocycles. The molecule has 0 fully saturated rings. The standard InChI is InChI=1S/C12H17NS/c1-2-14-9-11-5-3-4-10-6-7-13-8-12(10)11/h3-5,13H,2,6-9H2,1H3. The summed E-state index contributed by atoms with van der Waals surface area (Å²) in [6.07, 6.45) is 1.19. The Morgan fingerprint density at radius 2 is 2.36 bits per heavy atom. The van der Waals surface area contributed by atoms with Gasteiger partial charge in [0.2, 0.25) is 0 Å². The first-order chi connectivity index (χ1) is 6.92. The van der Waals surface area contributed by atoms with Crippen LogP contribution in [0.25, 0.3) is 0 Å². The Bertz CT molecular complexity index is 309. The van der Waals surface area contributed by atoms with E-state index in [1.165, 1.54) is 23.5 Å². The number of rotatable bonds is 3. The summed E-state index contributed by atoms with van der Waals surface area (Å²) in [5, 5.41) is 3.45. The van der Waals surface area contributed by atoms with E-state index >= 15 is 0 Å². The summed E-state index contributed by atoms with van der Waals surface area (Å²) >= 11 is 2.01. The lowest BCUT2D eigenvalue weighted by molar-refractivity contribution is 0.640. The number of hydrogen-bond donors (Lipinski definition) is 1. The van der Waals surface area contributed by atoms with Crippen LogP contribution < -0.4 is 5.32 Å². The quantitative estimate of drug-likeness (QED) is 0.817. The van der Waals surface area contributed by atoms with Gasteiger partial charge in [0, 0.05) is 12.3 Å². The Balaban J connectivity index is 2.21. The van der Waals surface area contributed by atoms with Crippen LogP contribution in [0.3, 0.4) is 0 Å². The Kier molecular flexibility index (Phi) is 3.49. The van der Waals surface area contributed by atoms with Crippen LogP contribution in [-0.4, -0.2) is 12.3 Å². The molecule has 0 spiro atoms. The zero-order valence-corrected chi connectivity index (χ0v) is 9.49. The summed E-state index contributed by atoms with van der Waals surface area (Å²) in [5.74, 6) is 2.37. The Hall–Kier alpha value is -0.470. The fraction of sp³-hybridized carbons (Fsp3) is 0.500. The molecule has 2 heteroatoms. The second-order valence-electron chi connectivity index (χ2n) is 3.62. The molecule has 2 rings (SSSR count). The monoisotopic (exact) mass is 207 g/mol. The van der Waals surface area contributed by atoms with Gasteiger partial charge in [-0.3, -0.25) is 0 Å². The highest BCUT2D eigenvalue weighted by Gasteiger charge is 2.11. The summed E-state index contributed by atoms with van der Waals surface area (Å²) in [6, 6.07) is 6.75. The van der Waals surface area contributed by atoms with E-state index in [9.17, 15) is 0 Å². The van der Waals surface area contributed by atoms with Crippen LogP contribution in [0.2, 0.25) is 0 Å². The van der Waals surface area contributed by atoms with Gasteiger partial charge in [0.15, 0.2) is 0 Å². The summed E-state index contributed by atoms with van der Waals surface area (Å²) in [5.41, 5.74) is 4.64. The Morgan fingerprint density at radius 1 is 1.43 bits per heavy atom. The second kappa shape index (κ2) is 4.85. The molecule has 0 bridgehead atoms. The minimum absolute atomic E-state index is 1.07. The van der Waals surface area contributed by atoms with Crippen molar-refractivity contribution in [2.24, 2.45) is 0 Å². The molecule has 0 atom stereocenters. The van der Waals surface area contributed by atoms with E-state index in [1.54, 1.807) is 11.1 Å². The Labute approximate surface area is 90.3 Å². The molecule has 0 amide bonds. The summed E-state index contributed by atoms with van der Waals surface area (Å²) < 4.78 is 0. The molecule has 1 nitrogen and oxygen atoms in total. The molecule has 1 aliphatic rings. The van der Waals surface area contributed by atoms with Crippen LogP contribution in [0.4, 0.5) is 0 Å². The molecule has 76 valence electrons. The van der Waals surface area contributed by atoms with Crippen molar-refractivity contribution in [2.45, 2.75) is 25.6 Å². The van der Waals surface area contributed by atoms with Crippen LogP contribution in [0.5, 0.6) is 0 Å². The largest absolute Gasteiger partial charge is 0.312 e. The van der Waals surface area contributed by atoms with Crippen LogP contribution in [-0.2, 0) is 18.7 Å². The fourth-order valence-electron chi connectivity index (χ4n) is 1.93. The van der Waals surface area contributed by atoms with Gasteiger partial charge in [-0.15, -0.1) is 0 Å². The zero-order valence-electron chi connectivity index (χ0n) is 8.68. The van der Waals surface area contributed by atoms with Crippen molar-refractivity contribution < 1.29 is 0 Å². The highest BCUT2D eigenvalue weighted by molar-refractivity contribution is 7.98. The molecule has 14 heavy (non-hydrogen) atoms. The van der Waals surface area contributed by atoms with Gasteiger partial charge in [0.25, 0.3) is 0 Å². The van der Waals surface area contributed by atoms with E-state index in [-0.39, 0.29) is 0 Å². The van der Waals surface area contributed by atoms with Crippen molar-refractivity contribution in [2.75, 3.05) is 12.3 Å². The number of benzene rings is 1. The van der Waals surface area contributed by atoms with Crippen LogP contribution >= 0.6 is 11.8 Å². The molecule has 0 unspecified atom stereocenters. The van der Waals surface area contributed by atoms with Crippen LogP contribution in [0, 0.1) is 0 Å². The van der Waals surface area contributed by atoms with Gasteiger partial charge in [-0.2, -0.15) is 11.8 Å². The first-order valence-electron chi connectivity index (χ1n) is 5.30. The molecule has 1 aliphatic heterocycles. The molecular formula is C12H17NS. The average Bonchev–Trinajstić information content (AvgIpc) is 2.26. The maximum atomic E-state index is 3.45. The van der Waals surface area contributed by atoms with E-state index in [2.05, 4.69) is 30.4 Å². The first kappa shape index (κ1) is 10.1. The van der Waals surface area contributed by atoms with E-state index < -0.39 is 0 Å². The summed E-state index contributed by atoms with van der Waals surface area (Å²) in [7, 11) is 0. The van der Waals surface area contributed by atoms with Crippen LogP contribution in [0.1, 0.15) is 23.6 Å². The molecule has 0 aliphatic carbocycles. The molecular weight excluding hydrogens is 190 g/mol. The van der Waals surface area contributed by atoms with E-state index in [0.29, 0.717) is 0 Å². The predicted molar refractivity (Wildman–Crippen MR) is 63.7 cm³/mol. The topological polar surface area (TPSA) is 12.0 Å². The van der Waals surface area contributed by atoms with Gasteiger partial charge in [-0.05, 0) is 35.4 Å². The van der Waals surface area contributed by atoms with Crippen LogP contribution in [0.15, 0.2) is 18.2 Å². The Morgan fingerprint density at radius 3 is 3.21 bits per heavy atom. The molecule has 1 heterocycles. The number of fused-ring (bicyclic) bond motifs is 1. The van der Waals surface area contributed by atoms with E-state index in [0.717, 1.165) is 13.1 Å². The van der Waals surface area contributed by atoms with Crippen molar-refractivity contribution in [3.05, 3.63) is 34.9 Å². The van der Waals surface area contributed by atoms with Crippen molar-refractivity contribution in [1.82, 2.24) is 5.32 Å². The van der Waals surface area contributed by atoms with Gasteiger partial charge in [-0.25, -0.2) is 0 Å². The smallest absolute Gasteiger partial charge is 0.0211 e. The number of hydrogen-bond acceptors (Lipinski definition) is 2. The first-order valence-corrected chi connectivity index (χ1v) is 6.45. The predicted octanol–water partition coefficient (Wildman–Crippen LogP) is 2.59. The number of thioether (sulfide) groups is 1. The highest BCUT2D eigenvalue weighted by Crippen LogP contribution is 2.22. The summed E-state index contributed by atoms with van der Waals surface area (Å²) in [4.78, 5) is 0. The number of nitrogens with one attached hydrogen (secondary N) is 1. The van der Waals surface area contributed by atoms with E-state index in [4.69, 9.17) is 0 Å². The van der Waals surface area contributed by atoms with Gasteiger partial charge < -0.3 is 5.32 Å². The second-order valence-corrected chi connectivity index (χ2v) is 4.89. The van der Waals surface area contributed by atoms with Crippen molar-refractivity contribution in [1.29, 1.82) is 0 Å². The third kappa shape index (κ3) is 2.12. The van der Waals surface area contributed by atoms with Gasteiger partial charge in [0.05, 0.1) is 0 Å². The van der Waals surface area contributed by atoms with Crippen molar-refractivity contribution in [3.63, 3.8) is 0 Å². The highest BCUT2D eigenvalue weighted by atomic mass is 32.2. The average molecular weight is 207 g/mol. The molecule has 1 aromatic rings. The fourth-order valence-corrected chi connectivity index (χ4v) is 2.63. The van der Waals surface area contributed by atoms with Gasteiger partial charge >= 0.3 is 0 Å². The van der Waals surface area contributed by atoms with E-state index in [1.807, 2.05) is 11.8 Å². The lowest BCUT2D eigenvalue weighted by Gasteiger charge is -2.20. The third-order valence-corrected chi connectivity index (χ3v) is 3.63. The summed E-state index contributed by atoms with van der Waals surface area (Å²) in [6.45, 7) is 4.42. The lowest BCUT2D eigenvalue weighted by atomic mass is 9.97. The third-order valence-electron chi connectivity index (χ3n) is 2.70. The van der Waals surface area contributed by atoms with Crippen molar-refractivity contribution in [3.8, 4) is 0 Å². The maximum Gasteiger partial charge on any atom is 0.0211 e. The normalized spacial score (nSPS) is 15.2. The lowest BCUT2D eigenvalue weighted by Crippen LogP contribution is -2.24. The molecule has 0 saturated heterocycles. The van der Waals surface area contributed by atoms with Gasteiger partial charge in [0.1, 0.15) is 0 Å². The van der Waals surface area contributed by atoms with Gasteiger partial charge in [-0.1, -0.05) is 25.1 Å². The molecule has 0 radical (unpaired) electrons. The SMILES string of the molecule is CCSCc1cccc2c1CNCC2. The molecule has 0 saturated carbocycles. The maximum absolute atomic E-state index is 3.45. The molecule has 1 N–H and O–H groups in total. The molecule has 0 aromatic heterocycles. The minimum atomic E-state index is 1.07. The minimum Gasteiger partial charge on any atom is -0.312 e. The zero-order chi connectivity index (χ0) is 9.80. The van der Waals surface area contributed by atoms with Crippen molar-refractivity contribution >= 4 is 11.8 Å².